The van der Waals surface area contributed by atoms with Crippen molar-refractivity contribution in [3.05, 3.63) is 59.7 Å². The van der Waals surface area contributed by atoms with Crippen LogP contribution in [0.5, 0.6) is 5.75 Å². The van der Waals surface area contributed by atoms with Gasteiger partial charge in [0.25, 0.3) is 0 Å². The first-order valence-corrected chi connectivity index (χ1v) is 14.7. The maximum absolute atomic E-state index is 12.7. The molecule has 2 rings (SSSR count). The van der Waals surface area contributed by atoms with Crippen LogP contribution < -0.4 is 20.3 Å². The zero-order valence-corrected chi connectivity index (χ0v) is 24.3. The maximum Gasteiger partial charge on any atom is 0.407 e. The first kappa shape index (κ1) is 32.0. The van der Waals surface area contributed by atoms with Gasteiger partial charge in [-0.3, -0.25) is 4.90 Å². The first-order chi connectivity index (χ1) is 19.1. The van der Waals surface area contributed by atoms with Crippen molar-refractivity contribution in [3.8, 4) is 5.75 Å². The SMILES string of the molecule is CCCCCCCCCCCCCCOc1ccc(CN(C(=O)NC)c2cccc(COC(=O)NC)c2)cc1. The second-order valence-corrected chi connectivity index (χ2v) is 10.0. The molecule has 7 nitrogen and oxygen atoms in total. The average Bonchev–Trinajstić information content (AvgIpc) is 2.97. The lowest BCUT2D eigenvalue weighted by Crippen LogP contribution is -2.37. The Morgan fingerprint density at radius 3 is 1.95 bits per heavy atom. The normalized spacial score (nSPS) is 10.6. The molecule has 0 fully saturated rings. The molecule has 216 valence electrons. The molecule has 0 unspecified atom stereocenters. The van der Waals surface area contributed by atoms with E-state index in [1.165, 1.54) is 77.7 Å². The molecular weight excluding hydrogens is 490 g/mol. The van der Waals surface area contributed by atoms with E-state index < -0.39 is 6.09 Å². The standard InChI is InChI=1S/C32H49N3O4/c1-4-5-6-7-8-9-10-11-12-13-14-15-23-38-30-21-19-27(20-22-30)25-35(31(36)33-2)29-18-16-17-28(24-29)26-39-32(37)34-3/h16-22,24H,4-15,23,25-26H2,1-3H3,(H,33,36)(H,34,37). The van der Waals surface area contributed by atoms with E-state index in [0.29, 0.717) is 6.54 Å². The van der Waals surface area contributed by atoms with Crippen LogP contribution in [0.4, 0.5) is 15.3 Å². The van der Waals surface area contributed by atoms with Gasteiger partial charge in [-0.2, -0.15) is 0 Å². The smallest absolute Gasteiger partial charge is 0.407 e. The molecule has 0 aromatic heterocycles. The van der Waals surface area contributed by atoms with Gasteiger partial charge in [0.05, 0.1) is 13.2 Å². The molecule has 2 aromatic rings. The summed E-state index contributed by atoms with van der Waals surface area (Å²) in [6, 6.07) is 15.1. The lowest BCUT2D eigenvalue weighted by Gasteiger charge is -2.23. The third-order valence-corrected chi connectivity index (χ3v) is 6.79. The van der Waals surface area contributed by atoms with Gasteiger partial charge < -0.3 is 20.1 Å². The van der Waals surface area contributed by atoms with Crippen molar-refractivity contribution in [3.63, 3.8) is 0 Å². The van der Waals surface area contributed by atoms with Gasteiger partial charge in [-0.1, -0.05) is 102 Å². The van der Waals surface area contributed by atoms with Crippen LogP contribution in [0.25, 0.3) is 0 Å². The van der Waals surface area contributed by atoms with Gasteiger partial charge in [0.1, 0.15) is 12.4 Å². The van der Waals surface area contributed by atoms with E-state index in [1.54, 1.807) is 11.9 Å². The maximum atomic E-state index is 12.7. The number of urea groups is 1. The van der Waals surface area contributed by atoms with E-state index in [1.807, 2.05) is 48.5 Å². The van der Waals surface area contributed by atoms with E-state index >= 15 is 0 Å². The molecule has 0 atom stereocenters. The van der Waals surface area contributed by atoms with Crippen LogP contribution in [0.3, 0.4) is 0 Å². The minimum absolute atomic E-state index is 0.125. The van der Waals surface area contributed by atoms with Crippen molar-refractivity contribution >= 4 is 17.8 Å². The van der Waals surface area contributed by atoms with Crippen LogP contribution in [0.15, 0.2) is 48.5 Å². The van der Waals surface area contributed by atoms with Crippen molar-refractivity contribution < 1.29 is 19.1 Å². The molecule has 7 heteroatoms. The number of alkyl carbamates (subject to hydrolysis) is 1. The monoisotopic (exact) mass is 539 g/mol. The minimum atomic E-state index is -0.496. The highest BCUT2D eigenvalue weighted by Crippen LogP contribution is 2.21. The van der Waals surface area contributed by atoms with E-state index in [0.717, 1.165) is 35.6 Å². The van der Waals surface area contributed by atoms with Crippen LogP contribution in [-0.4, -0.2) is 32.8 Å². The zero-order chi connectivity index (χ0) is 28.1. The fourth-order valence-corrected chi connectivity index (χ4v) is 4.46. The predicted molar refractivity (Wildman–Crippen MR) is 159 cm³/mol. The van der Waals surface area contributed by atoms with Crippen LogP contribution in [0, 0.1) is 0 Å². The quantitative estimate of drug-likeness (QED) is 0.177. The Hall–Kier alpha value is -3.22. The summed E-state index contributed by atoms with van der Waals surface area (Å²) in [5.74, 6) is 0.849. The fraction of sp³-hybridized carbons (Fsp3) is 0.562. The topological polar surface area (TPSA) is 79.9 Å². The van der Waals surface area contributed by atoms with Crippen LogP contribution in [0.1, 0.15) is 95.1 Å². The van der Waals surface area contributed by atoms with Crippen LogP contribution in [0.2, 0.25) is 0 Å². The van der Waals surface area contributed by atoms with Gasteiger partial charge in [-0.25, -0.2) is 9.59 Å². The summed E-state index contributed by atoms with van der Waals surface area (Å²) in [7, 11) is 3.13. The number of hydrogen-bond acceptors (Lipinski definition) is 4. The van der Waals surface area contributed by atoms with Gasteiger partial charge in [0.2, 0.25) is 0 Å². The summed E-state index contributed by atoms with van der Waals surface area (Å²) in [6.07, 6.45) is 15.5. The number of benzene rings is 2. The molecule has 2 N–H and O–H groups in total. The lowest BCUT2D eigenvalue weighted by molar-refractivity contribution is 0.142. The summed E-state index contributed by atoms with van der Waals surface area (Å²) in [5.41, 5.74) is 2.51. The largest absolute Gasteiger partial charge is 0.494 e. The Morgan fingerprint density at radius 2 is 1.36 bits per heavy atom. The summed E-state index contributed by atoms with van der Waals surface area (Å²) < 4.78 is 11.1. The Labute approximate surface area is 235 Å². The van der Waals surface area contributed by atoms with E-state index in [9.17, 15) is 9.59 Å². The number of rotatable bonds is 19. The van der Waals surface area contributed by atoms with Gasteiger partial charge in [-0.15, -0.1) is 0 Å². The molecule has 0 radical (unpaired) electrons. The molecular formula is C32H49N3O4. The Bertz CT molecular complexity index is 949. The molecule has 3 amide bonds. The fourth-order valence-electron chi connectivity index (χ4n) is 4.46. The van der Waals surface area contributed by atoms with Crippen LogP contribution in [-0.2, 0) is 17.9 Å². The molecule has 0 aliphatic heterocycles. The molecule has 2 aromatic carbocycles. The molecule has 0 aliphatic rings. The number of anilines is 1. The summed E-state index contributed by atoms with van der Waals surface area (Å²) in [6.45, 7) is 3.52. The molecule has 0 heterocycles. The van der Waals surface area contributed by atoms with Gasteiger partial charge in [0, 0.05) is 19.8 Å². The van der Waals surface area contributed by atoms with Crippen LogP contribution >= 0.6 is 0 Å². The number of nitrogens with one attached hydrogen (secondary N) is 2. The third kappa shape index (κ3) is 13.4. The van der Waals surface area contributed by atoms with Crippen molar-refractivity contribution in [1.29, 1.82) is 0 Å². The predicted octanol–water partition coefficient (Wildman–Crippen LogP) is 7.97. The number of ether oxygens (including phenoxy) is 2. The lowest BCUT2D eigenvalue weighted by atomic mass is 10.1. The Kier molecular flexibility index (Phi) is 16.2. The number of amides is 3. The van der Waals surface area contributed by atoms with Crippen molar-refractivity contribution in [2.24, 2.45) is 0 Å². The number of carbonyl (C=O) groups excluding carboxylic acids is 2. The molecule has 0 spiro atoms. The molecule has 0 aliphatic carbocycles. The molecule has 0 saturated heterocycles. The van der Waals surface area contributed by atoms with Gasteiger partial charge in [0.15, 0.2) is 0 Å². The summed E-state index contributed by atoms with van der Waals surface area (Å²) in [5, 5.41) is 5.14. The Morgan fingerprint density at radius 1 is 0.744 bits per heavy atom. The zero-order valence-electron chi connectivity index (χ0n) is 24.3. The highest BCUT2D eigenvalue weighted by molar-refractivity contribution is 5.91. The molecule has 0 bridgehead atoms. The van der Waals surface area contributed by atoms with Gasteiger partial charge >= 0.3 is 12.1 Å². The highest BCUT2D eigenvalue weighted by Gasteiger charge is 2.16. The summed E-state index contributed by atoms with van der Waals surface area (Å²) in [4.78, 5) is 25.7. The second-order valence-electron chi connectivity index (χ2n) is 10.0. The number of nitrogens with zero attached hydrogens (tertiary/aromatic N) is 1. The molecule has 39 heavy (non-hydrogen) atoms. The number of unbranched alkanes of at least 4 members (excludes halogenated alkanes) is 11. The van der Waals surface area contributed by atoms with E-state index in [-0.39, 0.29) is 12.6 Å². The van der Waals surface area contributed by atoms with Crippen molar-refractivity contribution in [1.82, 2.24) is 10.6 Å². The van der Waals surface area contributed by atoms with E-state index in [4.69, 9.17) is 9.47 Å². The molecule has 0 saturated carbocycles. The van der Waals surface area contributed by atoms with E-state index in [2.05, 4.69) is 17.6 Å². The van der Waals surface area contributed by atoms with Gasteiger partial charge in [-0.05, 0) is 41.8 Å². The number of carbonyl (C=O) groups is 2. The minimum Gasteiger partial charge on any atom is -0.494 e. The summed E-state index contributed by atoms with van der Waals surface area (Å²) >= 11 is 0. The number of hydrogen-bond donors (Lipinski definition) is 2. The highest BCUT2D eigenvalue weighted by atomic mass is 16.5. The van der Waals surface area contributed by atoms with Crippen molar-refractivity contribution in [2.75, 3.05) is 25.6 Å². The Balaban J connectivity index is 1.72. The second kappa shape index (κ2) is 19.8. The third-order valence-electron chi connectivity index (χ3n) is 6.79. The van der Waals surface area contributed by atoms with Crippen molar-refractivity contribution in [2.45, 2.75) is 97.1 Å². The first-order valence-electron chi connectivity index (χ1n) is 14.7. The average molecular weight is 540 g/mol.